The lowest BCUT2D eigenvalue weighted by atomic mass is 9.86. The molecule has 14 heavy (non-hydrogen) atoms. The summed E-state index contributed by atoms with van der Waals surface area (Å²) < 4.78 is 0. The molecule has 75 valence electrons. The molecule has 0 spiro atoms. The molecule has 0 saturated carbocycles. The molecule has 0 heterocycles. The van der Waals surface area contributed by atoms with E-state index in [0.29, 0.717) is 0 Å². The first kappa shape index (κ1) is 11.4. The normalized spacial score (nSPS) is 11.4. The van der Waals surface area contributed by atoms with E-state index in [1.54, 1.807) is 11.8 Å². The van der Waals surface area contributed by atoms with E-state index < -0.39 is 0 Å². The van der Waals surface area contributed by atoms with Gasteiger partial charge in [-0.15, -0.1) is 11.8 Å². The Morgan fingerprint density at radius 3 is 2.29 bits per heavy atom. The molecule has 0 nitrogen and oxygen atoms in total. The Kier molecular flexibility index (Phi) is 3.43. The van der Waals surface area contributed by atoms with Gasteiger partial charge in [-0.1, -0.05) is 33.4 Å². The van der Waals surface area contributed by atoms with E-state index in [1.807, 2.05) is 0 Å². The fraction of sp³-hybridized carbons (Fsp3) is 0.385. The first-order valence-electron chi connectivity index (χ1n) is 4.70. The molecule has 0 aliphatic carbocycles. The van der Waals surface area contributed by atoms with Gasteiger partial charge in [0.05, 0.1) is 0 Å². The highest BCUT2D eigenvalue weighted by Gasteiger charge is 2.14. The van der Waals surface area contributed by atoms with Gasteiger partial charge >= 0.3 is 0 Å². The van der Waals surface area contributed by atoms with Gasteiger partial charge in [0.15, 0.2) is 0 Å². The third kappa shape index (κ3) is 2.65. The van der Waals surface area contributed by atoms with Crippen molar-refractivity contribution in [2.45, 2.75) is 31.1 Å². The topological polar surface area (TPSA) is 0 Å². The average molecular weight is 205 g/mol. The number of rotatable bonds is 2. The van der Waals surface area contributed by atoms with E-state index in [1.165, 1.54) is 10.5 Å². The molecule has 0 bridgehead atoms. The summed E-state index contributed by atoms with van der Waals surface area (Å²) in [6, 6.07) is 6.52. The Balaban J connectivity index is 3.24. The lowest BCUT2D eigenvalue weighted by Gasteiger charge is -2.20. The second kappa shape index (κ2) is 4.22. The highest BCUT2D eigenvalue weighted by atomic mass is 32.2. The van der Waals surface area contributed by atoms with Gasteiger partial charge in [0.25, 0.3) is 0 Å². The maximum atomic E-state index is 3.70. The smallest absolute Gasteiger partial charge is 0.00782 e. The highest BCUT2D eigenvalue weighted by molar-refractivity contribution is 7.98. The van der Waals surface area contributed by atoms with Gasteiger partial charge in [-0.2, -0.15) is 0 Å². The van der Waals surface area contributed by atoms with Crippen LogP contribution >= 0.6 is 11.8 Å². The van der Waals surface area contributed by atoms with E-state index in [2.05, 4.69) is 57.9 Å². The standard InChI is InChI=1S/C13H17S/c1-6-10-7-11(13(2,3)4)9-12(8-10)14-5/h7-9H,1H2,2-5H3. The summed E-state index contributed by atoms with van der Waals surface area (Å²) in [4.78, 5) is 1.28. The van der Waals surface area contributed by atoms with E-state index in [-0.39, 0.29) is 5.41 Å². The molecule has 1 heteroatoms. The minimum absolute atomic E-state index is 0.192. The third-order valence-electron chi connectivity index (χ3n) is 2.21. The second-order valence-corrected chi connectivity index (χ2v) is 5.26. The molecular formula is C13H17S. The zero-order valence-electron chi connectivity index (χ0n) is 9.35. The summed E-state index contributed by atoms with van der Waals surface area (Å²) in [5.74, 6) is 0. The van der Waals surface area contributed by atoms with Crippen LogP contribution in [0.3, 0.4) is 0 Å². The molecule has 1 rings (SSSR count). The van der Waals surface area contributed by atoms with Crippen LogP contribution in [0.25, 0.3) is 0 Å². The number of hydrogen-bond acceptors (Lipinski definition) is 1. The fourth-order valence-electron chi connectivity index (χ4n) is 1.25. The molecule has 0 atom stereocenters. The summed E-state index contributed by atoms with van der Waals surface area (Å²) >= 11 is 1.76. The molecule has 0 unspecified atom stereocenters. The van der Waals surface area contributed by atoms with Gasteiger partial charge in [0.2, 0.25) is 0 Å². The van der Waals surface area contributed by atoms with Crippen LogP contribution in [0.4, 0.5) is 0 Å². The van der Waals surface area contributed by atoms with Crippen molar-refractivity contribution in [3.05, 3.63) is 42.0 Å². The zero-order chi connectivity index (χ0) is 10.8. The maximum absolute atomic E-state index is 3.70. The average Bonchev–Trinajstić information content (AvgIpc) is 2.15. The predicted molar refractivity (Wildman–Crippen MR) is 64.9 cm³/mol. The first-order chi connectivity index (χ1) is 6.47. The van der Waals surface area contributed by atoms with Crippen LogP contribution in [0.5, 0.6) is 0 Å². The number of hydrogen-bond donors (Lipinski definition) is 0. The quantitative estimate of drug-likeness (QED) is 0.657. The largest absolute Gasteiger partial charge is 0.130 e. The Morgan fingerprint density at radius 1 is 1.21 bits per heavy atom. The Morgan fingerprint density at radius 2 is 1.86 bits per heavy atom. The van der Waals surface area contributed by atoms with Crippen molar-refractivity contribution in [1.82, 2.24) is 0 Å². The zero-order valence-corrected chi connectivity index (χ0v) is 10.2. The van der Waals surface area contributed by atoms with Gasteiger partial charge in [-0.3, -0.25) is 0 Å². The van der Waals surface area contributed by atoms with Crippen molar-refractivity contribution in [3.8, 4) is 0 Å². The summed E-state index contributed by atoms with van der Waals surface area (Å²) in [7, 11) is 0. The molecule has 0 aromatic heterocycles. The summed E-state index contributed by atoms with van der Waals surface area (Å²) in [5, 5.41) is 0. The lowest BCUT2D eigenvalue weighted by molar-refractivity contribution is 0.588. The SMILES string of the molecule is C=[C]c1cc(SC)cc(C(C)(C)C)c1. The molecule has 0 fully saturated rings. The summed E-state index contributed by atoms with van der Waals surface area (Å²) in [6.07, 6.45) is 5.04. The second-order valence-electron chi connectivity index (χ2n) is 4.38. The van der Waals surface area contributed by atoms with Gasteiger partial charge in [0.1, 0.15) is 0 Å². The molecule has 1 aromatic rings. The van der Waals surface area contributed by atoms with E-state index in [9.17, 15) is 0 Å². The number of benzene rings is 1. The van der Waals surface area contributed by atoms with Gasteiger partial charge in [0, 0.05) is 4.90 Å². The van der Waals surface area contributed by atoms with Crippen molar-refractivity contribution < 1.29 is 0 Å². The van der Waals surface area contributed by atoms with Crippen LogP contribution in [0.1, 0.15) is 31.9 Å². The lowest BCUT2D eigenvalue weighted by Crippen LogP contribution is -2.11. The van der Waals surface area contributed by atoms with Crippen LogP contribution in [0.2, 0.25) is 0 Å². The van der Waals surface area contributed by atoms with Gasteiger partial charge in [-0.25, -0.2) is 0 Å². The fourth-order valence-corrected chi connectivity index (χ4v) is 1.74. The molecule has 0 saturated heterocycles. The van der Waals surface area contributed by atoms with Crippen LogP contribution in [-0.4, -0.2) is 6.26 Å². The molecule has 0 N–H and O–H groups in total. The van der Waals surface area contributed by atoms with Crippen molar-refractivity contribution in [1.29, 1.82) is 0 Å². The molecular weight excluding hydrogens is 188 g/mol. The third-order valence-corrected chi connectivity index (χ3v) is 2.92. The Bertz CT molecular complexity index is 332. The molecule has 0 aliphatic rings. The first-order valence-corrected chi connectivity index (χ1v) is 5.92. The van der Waals surface area contributed by atoms with Crippen LogP contribution in [0.15, 0.2) is 29.7 Å². The highest BCUT2D eigenvalue weighted by Crippen LogP contribution is 2.27. The maximum Gasteiger partial charge on any atom is 0.00782 e. The molecule has 1 radical (unpaired) electrons. The van der Waals surface area contributed by atoms with Crippen molar-refractivity contribution in [3.63, 3.8) is 0 Å². The molecule has 1 aromatic carbocycles. The Labute approximate surface area is 91.4 Å². The van der Waals surface area contributed by atoms with Crippen molar-refractivity contribution in [2.75, 3.05) is 6.26 Å². The van der Waals surface area contributed by atoms with Crippen molar-refractivity contribution >= 4 is 11.8 Å². The van der Waals surface area contributed by atoms with Crippen LogP contribution < -0.4 is 0 Å². The minimum Gasteiger partial charge on any atom is -0.130 e. The van der Waals surface area contributed by atoms with E-state index >= 15 is 0 Å². The Hall–Kier alpha value is -0.690. The summed E-state index contributed by atoms with van der Waals surface area (Å²) in [6.45, 7) is 10.4. The van der Waals surface area contributed by atoms with E-state index in [0.717, 1.165) is 5.56 Å². The van der Waals surface area contributed by atoms with Gasteiger partial charge < -0.3 is 0 Å². The predicted octanol–water partition coefficient (Wildman–Crippen LogP) is 4.04. The molecule has 0 amide bonds. The van der Waals surface area contributed by atoms with Crippen LogP contribution in [-0.2, 0) is 5.41 Å². The minimum atomic E-state index is 0.192. The monoisotopic (exact) mass is 205 g/mol. The van der Waals surface area contributed by atoms with Gasteiger partial charge in [-0.05, 0) is 41.0 Å². The van der Waals surface area contributed by atoms with Crippen LogP contribution in [0, 0.1) is 6.08 Å². The van der Waals surface area contributed by atoms with Crippen molar-refractivity contribution in [2.24, 2.45) is 0 Å². The van der Waals surface area contributed by atoms with E-state index in [4.69, 9.17) is 0 Å². The number of thioether (sulfide) groups is 1. The summed E-state index contributed by atoms with van der Waals surface area (Å²) in [5.41, 5.74) is 2.62. The molecule has 0 aliphatic heterocycles.